The van der Waals surface area contributed by atoms with Crippen LogP contribution in [0, 0.1) is 11.8 Å². The second kappa shape index (κ2) is 10.3. The molecule has 33 heavy (non-hydrogen) atoms. The fourth-order valence-corrected chi connectivity index (χ4v) is 4.94. The maximum absolute atomic E-state index is 12.4. The van der Waals surface area contributed by atoms with Crippen molar-refractivity contribution in [2.75, 3.05) is 19.7 Å². The first-order chi connectivity index (χ1) is 16.0. The highest BCUT2D eigenvalue weighted by Gasteiger charge is 2.33. The first-order valence-electron chi connectivity index (χ1n) is 11.3. The Labute approximate surface area is 192 Å². The molecule has 4 rings (SSSR count). The molecule has 3 N–H and O–H groups in total. The molecule has 0 heterocycles. The Kier molecular flexibility index (Phi) is 7.07. The Morgan fingerprint density at radius 3 is 2.30 bits per heavy atom. The highest BCUT2D eigenvalue weighted by Crippen LogP contribution is 2.44. The van der Waals surface area contributed by atoms with E-state index in [1.54, 1.807) is 0 Å². The number of carboxylic acid groups (broad SMARTS) is 1. The van der Waals surface area contributed by atoms with E-state index in [1.165, 1.54) is 17.2 Å². The molecule has 1 fully saturated rings. The standard InChI is InChI=1S/C26H28N2O5/c29-24(30)13-6-14-27-25(31)18-12-5-7-17(18)15-28-26(32)33-16-23-21-10-3-1-8-19(21)20-9-2-4-11-22(20)23/h1-4,6,8-11,13,17-18,23H,5,7,12,14-16H2,(H,27,31)(H,28,32)(H,29,30)/b13-6+. The summed E-state index contributed by atoms with van der Waals surface area (Å²) in [6, 6.07) is 16.4. The monoisotopic (exact) mass is 448 g/mol. The van der Waals surface area contributed by atoms with Gasteiger partial charge in [0.2, 0.25) is 5.91 Å². The minimum absolute atomic E-state index is 0.00649. The predicted octanol–water partition coefficient (Wildman–Crippen LogP) is 3.70. The molecule has 1 saturated carbocycles. The molecule has 7 heteroatoms. The number of amides is 2. The van der Waals surface area contributed by atoms with Gasteiger partial charge in [0.1, 0.15) is 6.61 Å². The average molecular weight is 449 g/mol. The van der Waals surface area contributed by atoms with Crippen LogP contribution in [-0.4, -0.2) is 42.8 Å². The van der Waals surface area contributed by atoms with Gasteiger partial charge in [-0.3, -0.25) is 4.79 Å². The summed E-state index contributed by atoms with van der Waals surface area (Å²) in [6.07, 6.45) is 4.45. The van der Waals surface area contributed by atoms with E-state index in [0.717, 1.165) is 36.5 Å². The summed E-state index contributed by atoms with van der Waals surface area (Å²) in [4.78, 5) is 35.4. The van der Waals surface area contributed by atoms with Crippen LogP contribution in [-0.2, 0) is 14.3 Å². The number of hydrogen-bond donors (Lipinski definition) is 3. The van der Waals surface area contributed by atoms with E-state index in [0.29, 0.717) is 6.54 Å². The molecule has 2 aliphatic carbocycles. The lowest BCUT2D eigenvalue weighted by atomic mass is 9.95. The molecule has 2 aliphatic rings. The Morgan fingerprint density at radius 2 is 1.64 bits per heavy atom. The van der Waals surface area contributed by atoms with Gasteiger partial charge in [-0.05, 0) is 41.0 Å². The number of carbonyl (C=O) groups excluding carboxylic acids is 2. The Morgan fingerprint density at radius 1 is 0.970 bits per heavy atom. The van der Waals surface area contributed by atoms with Crippen LogP contribution in [0.5, 0.6) is 0 Å². The number of carbonyl (C=O) groups is 3. The molecule has 0 saturated heterocycles. The Bertz CT molecular complexity index is 1020. The smallest absolute Gasteiger partial charge is 0.407 e. The second-order valence-corrected chi connectivity index (χ2v) is 8.49. The summed E-state index contributed by atoms with van der Waals surface area (Å²) in [5.74, 6) is -1.31. The number of alkyl carbamates (subject to hydrolysis) is 1. The molecule has 2 amide bonds. The van der Waals surface area contributed by atoms with Gasteiger partial charge in [-0.2, -0.15) is 0 Å². The third kappa shape index (κ3) is 5.25. The lowest BCUT2D eigenvalue weighted by molar-refractivity contribution is -0.131. The van der Waals surface area contributed by atoms with Gasteiger partial charge >= 0.3 is 12.1 Å². The van der Waals surface area contributed by atoms with E-state index in [4.69, 9.17) is 9.84 Å². The average Bonchev–Trinajstić information content (AvgIpc) is 3.42. The van der Waals surface area contributed by atoms with Gasteiger partial charge in [-0.25, -0.2) is 9.59 Å². The van der Waals surface area contributed by atoms with Crippen LogP contribution in [0.25, 0.3) is 11.1 Å². The molecule has 0 radical (unpaired) electrons. The van der Waals surface area contributed by atoms with Gasteiger partial charge in [-0.1, -0.05) is 61.0 Å². The van der Waals surface area contributed by atoms with Crippen molar-refractivity contribution in [1.82, 2.24) is 10.6 Å². The fourth-order valence-electron chi connectivity index (χ4n) is 4.94. The lowest BCUT2D eigenvalue weighted by Gasteiger charge is -2.20. The van der Waals surface area contributed by atoms with Crippen molar-refractivity contribution in [3.63, 3.8) is 0 Å². The summed E-state index contributed by atoms with van der Waals surface area (Å²) < 4.78 is 5.58. The molecule has 7 nitrogen and oxygen atoms in total. The van der Waals surface area contributed by atoms with E-state index < -0.39 is 12.1 Å². The fraction of sp³-hybridized carbons (Fsp3) is 0.346. The van der Waals surface area contributed by atoms with Gasteiger partial charge in [0, 0.05) is 31.0 Å². The number of hydrogen-bond acceptors (Lipinski definition) is 4. The highest BCUT2D eigenvalue weighted by molar-refractivity contribution is 5.81. The van der Waals surface area contributed by atoms with E-state index in [-0.39, 0.29) is 36.8 Å². The number of nitrogens with one attached hydrogen (secondary N) is 2. The molecule has 0 aliphatic heterocycles. The van der Waals surface area contributed by atoms with Crippen molar-refractivity contribution in [2.24, 2.45) is 11.8 Å². The Balaban J connectivity index is 1.28. The van der Waals surface area contributed by atoms with Crippen molar-refractivity contribution >= 4 is 18.0 Å². The zero-order valence-electron chi connectivity index (χ0n) is 18.3. The van der Waals surface area contributed by atoms with E-state index in [9.17, 15) is 14.4 Å². The van der Waals surface area contributed by atoms with Gasteiger partial charge in [-0.15, -0.1) is 0 Å². The van der Waals surface area contributed by atoms with Crippen molar-refractivity contribution in [3.05, 3.63) is 71.8 Å². The summed E-state index contributed by atoms with van der Waals surface area (Å²) in [6.45, 7) is 0.804. The third-order valence-corrected chi connectivity index (χ3v) is 6.50. The van der Waals surface area contributed by atoms with Crippen LogP contribution >= 0.6 is 0 Å². The van der Waals surface area contributed by atoms with Crippen molar-refractivity contribution in [3.8, 4) is 11.1 Å². The third-order valence-electron chi connectivity index (χ3n) is 6.50. The first-order valence-corrected chi connectivity index (χ1v) is 11.3. The van der Waals surface area contributed by atoms with E-state index in [1.807, 2.05) is 24.3 Å². The van der Waals surface area contributed by atoms with Crippen molar-refractivity contribution in [1.29, 1.82) is 0 Å². The largest absolute Gasteiger partial charge is 0.478 e. The quantitative estimate of drug-likeness (QED) is 0.534. The molecular formula is C26H28N2O5. The molecule has 172 valence electrons. The number of rotatable bonds is 8. The number of aliphatic carboxylic acids is 1. The van der Waals surface area contributed by atoms with Crippen LogP contribution in [0.15, 0.2) is 60.7 Å². The maximum Gasteiger partial charge on any atom is 0.407 e. The van der Waals surface area contributed by atoms with Crippen LogP contribution in [0.4, 0.5) is 4.79 Å². The van der Waals surface area contributed by atoms with Crippen molar-refractivity contribution in [2.45, 2.75) is 25.2 Å². The maximum atomic E-state index is 12.4. The second-order valence-electron chi connectivity index (χ2n) is 8.49. The van der Waals surface area contributed by atoms with Crippen LogP contribution in [0.2, 0.25) is 0 Å². The van der Waals surface area contributed by atoms with Gasteiger partial charge < -0.3 is 20.5 Å². The SMILES string of the molecule is O=C(O)/C=C/CNC(=O)C1CCCC1CNC(=O)OCC1c2ccccc2-c2ccccc21. The normalized spacial score (nSPS) is 19.2. The molecule has 0 bridgehead atoms. The number of benzene rings is 2. The van der Waals surface area contributed by atoms with Gasteiger partial charge in [0.15, 0.2) is 0 Å². The zero-order valence-corrected chi connectivity index (χ0v) is 18.3. The topological polar surface area (TPSA) is 105 Å². The molecule has 0 aromatic heterocycles. The molecular weight excluding hydrogens is 420 g/mol. The summed E-state index contributed by atoms with van der Waals surface area (Å²) in [5.41, 5.74) is 4.69. The minimum atomic E-state index is -1.05. The number of fused-ring (bicyclic) bond motifs is 3. The minimum Gasteiger partial charge on any atom is -0.478 e. The first kappa shape index (κ1) is 22.6. The summed E-state index contributed by atoms with van der Waals surface area (Å²) >= 11 is 0. The molecule has 2 aromatic rings. The molecule has 2 atom stereocenters. The molecule has 0 spiro atoms. The summed E-state index contributed by atoms with van der Waals surface area (Å²) in [5, 5.41) is 14.2. The lowest BCUT2D eigenvalue weighted by Crippen LogP contribution is -2.38. The van der Waals surface area contributed by atoms with Gasteiger partial charge in [0.25, 0.3) is 0 Å². The van der Waals surface area contributed by atoms with Crippen LogP contribution in [0.1, 0.15) is 36.3 Å². The van der Waals surface area contributed by atoms with E-state index >= 15 is 0 Å². The van der Waals surface area contributed by atoms with Crippen LogP contribution in [0.3, 0.4) is 0 Å². The highest BCUT2D eigenvalue weighted by atomic mass is 16.5. The number of carboxylic acids is 1. The van der Waals surface area contributed by atoms with Crippen molar-refractivity contribution < 1.29 is 24.2 Å². The Hall–Kier alpha value is -3.61. The predicted molar refractivity (Wildman–Crippen MR) is 124 cm³/mol. The molecule has 2 aromatic carbocycles. The van der Waals surface area contributed by atoms with E-state index in [2.05, 4.69) is 34.9 Å². The summed E-state index contributed by atoms with van der Waals surface area (Å²) in [7, 11) is 0. The molecule has 2 unspecified atom stereocenters. The van der Waals surface area contributed by atoms with Gasteiger partial charge in [0.05, 0.1) is 0 Å². The zero-order chi connectivity index (χ0) is 23.2. The number of ether oxygens (including phenoxy) is 1. The van der Waals surface area contributed by atoms with Crippen LogP contribution < -0.4 is 10.6 Å².